The smallest absolute Gasteiger partial charge is 0.237 e. The van der Waals surface area contributed by atoms with Crippen LogP contribution >= 0.6 is 0 Å². The summed E-state index contributed by atoms with van der Waals surface area (Å²) in [4.78, 5) is 22.4. The maximum Gasteiger partial charge on any atom is 0.237 e. The number of allylic oxidation sites excluding steroid dienone is 4. The van der Waals surface area contributed by atoms with Crippen LogP contribution in [0.2, 0.25) is 0 Å². The average Bonchev–Trinajstić information content (AvgIpc) is 3.30. The molecule has 2 atom stereocenters. The van der Waals surface area contributed by atoms with E-state index in [-0.39, 0.29) is 12.0 Å². The summed E-state index contributed by atoms with van der Waals surface area (Å²) >= 11 is 0. The number of ether oxygens (including phenoxy) is 1. The van der Waals surface area contributed by atoms with Crippen molar-refractivity contribution in [1.29, 1.82) is 0 Å². The molecular formula is C28H27N3O2. The molecule has 1 aromatic carbocycles. The first-order chi connectivity index (χ1) is 15.9. The second-order valence-corrected chi connectivity index (χ2v) is 9.83. The Labute approximate surface area is 193 Å². The van der Waals surface area contributed by atoms with E-state index in [1.807, 2.05) is 12.1 Å². The number of amides is 1. The number of hydrogen-bond donors (Lipinski definition) is 1. The van der Waals surface area contributed by atoms with Crippen molar-refractivity contribution in [3.63, 3.8) is 0 Å². The van der Waals surface area contributed by atoms with Crippen molar-refractivity contribution in [2.75, 3.05) is 5.32 Å². The minimum absolute atomic E-state index is 0.0534. The van der Waals surface area contributed by atoms with E-state index in [9.17, 15) is 4.79 Å². The molecule has 33 heavy (non-hydrogen) atoms. The highest BCUT2D eigenvalue weighted by atomic mass is 16.5. The number of hydrogen-bond acceptors (Lipinski definition) is 4. The van der Waals surface area contributed by atoms with Crippen LogP contribution in [-0.4, -0.2) is 22.0 Å². The molecule has 0 fully saturated rings. The molecule has 3 aliphatic rings. The van der Waals surface area contributed by atoms with Gasteiger partial charge in [0.15, 0.2) is 0 Å². The Bertz CT molecular complexity index is 1370. The Morgan fingerprint density at radius 1 is 1.12 bits per heavy atom. The predicted molar refractivity (Wildman–Crippen MR) is 130 cm³/mol. The second kappa shape index (κ2) is 7.27. The number of nitrogens with one attached hydrogen (secondary N) is 1. The van der Waals surface area contributed by atoms with Crippen molar-refractivity contribution < 1.29 is 9.53 Å². The van der Waals surface area contributed by atoms with Crippen molar-refractivity contribution in [1.82, 2.24) is 9.97 Å². The van der Waals surface area contributed by atoms with E-state index in [2.05, 4.69) is 67.5 Å². The number of carbonyl (C=O) groups is 1. The fourth-order valence-corrected chi connectivity index (χ4v) is 5.54. The highest BCUT2D eigenvalue weighted by molar-refractivity contribution is 6.06. The van der Waals surface area contributed by atoms with Gasteiger partial charge in [0.2, 0.25) is 5.91 Å². The maximum absolute atomic E-state index is 13.0. The summed E-state index contributed by atoms with van der Waals surface area (Å²) in [5.41, 5.74) is 6.12. The number of aromatic nitrogens is 2. The molecule has 5 nitrogen and oxygen atoms in total. The van der Waals surface area contributed by atoms with Gasteiger partial charge >= 0.3 is 0 Å². The Hall–Kier alpha value is -3.47. The van der Waals surface area contributed by atoms with Gasteiger partial charge in [-0.15, -0.1) is 0 Å². The van der Waals surface area contributed by atoms with Crippen LogP contribution in [0.1, 0.15) is 49.6 Å². The second-order valence-electron chi connectivity index (χ2n) is 9.83. The van der Waals surface area contributed by atoms with Crippen LogP contribution in [-0.2, 0) is 27.8 Å². The summed E-state index contributed by atoms with van der Waals surface area (Å²) in [7, 11) is 0. The number of benzene rings is 1. The molecule has 0 radical (unpaired) electrons. The monoisotopic (exact) mass is 437 g/mol. The van der Waals surface area contributed by atoms with Crippen LogP contribution in [0.5, 0.6) is 0 Å². The molecule has 166 valence electrons. The molecule has 1 spiro atoms. The van der Waals surface area contributed by atoms with Crippen LogP contribution in [0.3, 0.4) is 0 Å². The fourth-order valence-electron chi connectivity index (χ4n) is 5.54. The summed E-state index contributed by atoms with van der Waals surface area (Å²) in [6.07, 6.45) is 8.45. The molecule has 5 heteroatoms. The Kier molecular flexibility index (Phi) is 4.44. The van der Waals surface area contributed by atoms with Gasteiger partial charge < -0.3 is 10.1 Å². The zero-order chi connectivity index (χ0) is 22.7. The Morgan fingerprint density at radius 3 is 2.73 bits per heavy atom. The number of rotatable bonds is 3. The van der Waals surface area contributed by atoms with E-state index >= 15 is 0 Å². The zero-order valence-electron chi connectivity index (χ0n) is 19.2. The van der Waals surface area contributed by atoms with Gasteiger partial charge in [0.05, 0.1) is 28.5 Å². The zero-order valence-corrected chi connectivity index (χ0v) is 19.2. The minimum Gasteiger partial charge on any atom is -0.495 e. The number of nitrogens with zero attached hydrogens (tertiary/aromatic N) is 2. The average molecular weight is 438 g/mol. The van der Waals surface area contributed by atoms with Crippen molar-refractivity contribution in [2.45, 2.75) is 51.6 Å². The van der Waals surface area contributed by atoms with Gasteiger partial charge in [-0.2, -0.15) is 0 Å². The molecule has 0 saturated heterocycles. The molecule has 3 heterocycles. The molecule has 2 aliphatic carbocycles. The number of pyridine rings is 2. The number of fused-ring (bicyclic) bond motifs is 4. The van der Waals surface area contributed by atoms with Gasteiger partial charge in [-0.25, -0.2) is 9.97 Å². The standard InChI is InChI=1S/C28H27N3O2/c1-16(2)33-25-9-7-18(11-17(25)3)23-8-6-19-12-20-14-28(15-21(20)13-24(19)30-23)22-5-4-10-29-26(22)31-27(28)32/h4-10,12-13,16-17H,11,14-15H2,1-3H3,(H,29,31,32). The molecule has 0 bridgehead atoms. The van der Waals surface area contributed by atoms with Crippen LogP contribution in [0.15, 0.2) is 60.5 Å². The third kappa shape index (κ3) is 3.17. The fraction of sp³-hybridized carbons (Fsp3) is 0.321. The Morgan fingerprint density at radius 2 is 1.94 bits per heavy atom. The van der Waals surface area contributed by atoms with Crippen molar-refractivity contribution in [3.05, 3.63) is 82.9 Å². The van der Waals surface area contributed by atoms with E-state index in [1.165, 1.54) is 16.7 Å². The topological polar surface area (TPSA) is 64.1 Å². The normalized spacial score (nSPS) is 23.4. The molecular weight excluding hydrogens is 410 g/mol. The lowest BCUT2D eigenvalue weighted by molar-refractivity contribution is -0.120. The van der Waals surface area contributed by atoms with Gasteiger partial charge in [-0.1, -0.05) is 25.1 Å². The van der Waals surface area contributed by atoms with Crippen LogP contribution in [0.4, 0.5) is 5.82 Å². The van der Waals surface area contributed by atoms with Crippen LogP contribution in [0, 0.1) is 5.92 Å². The quantitative estimate of drug-likeness (QED) is 0.600. The predicted octanol–water partition coefficient (Wildman–Crippen LogP) is 5.35. The van der Waals surface area contributed by atoms with E-state index in [0.29, 0.717) is 24.6 Å². The molecule has 2 unspecified atom stereocenters. The van der Waals surface area contributed by atoms with Gasteiger partial charge in [-0.05, 0) is 80.2 Å². The lowest BCUT2D eigenvalue weighted by Crippen LogP contribution is -2.35. The third-order valence-electron chi connectivity index (χ3n) is 7.15. The van der Waals surface area contributed by atoms with Crippen LogP contribution < -0.4 is 5.32 Å². The first kappa shape index (κ1) is 20.2. The molecule has 2 aromatic heterocycles. The largest absolute Gasteiger partial charge is 0.495 e. The summed E-state index contributed by atoms with van der Waals surface area (Å²) in [6, 6.07) is 12.6. The summed E-state index contributed by atoms with van der Waals surface area (Å²) in [5.74, 6) is 2.13. The summed E-state index contributed by atoms with van der Waals surface area (Å²) in [5, 5.41) is 4.10. The molecule has 1 N–H and O–H groups in total. The minimum atomic E-state index is -0.551. The number of carbonyl (C=O) groups excluding carboxylic acids is 1. The van der Waals surface area contributed by atoms with Gasteiger partial charge in [0.1, 0.15) is 5.82 Å². The molecule has 3 aromatic rings. The van der Waals surface area contributed by atoms with Crippen molar-refractivity contribution in [3.8, 4) is 0 Å². The molecule has 6 rings (SSSR count). The van der Waals surface area contributed by atoms with Crippen molar-refractivity contribution >= 4 is 28.2 Å². The SMILES string of the molecule is CC(C)OC1=CC=C(c2ccc3cc4c(cc3n2)CC2(C4)C(=O)Nc3ncccc32)CC1C. The number of anilines is 1. The molecule has 1 amide bonds. The molecule has 1 aliphatic heterocycles. The van der Waals surface area contributed by atoms with E-state index in [0.717, 1.165) is 34.3 Å². The Balaban J connectivity index is 1.35. The van der Waals surface area contributed by atoms with Gasteiger partial charge in [0, 0.05) is 23.1 Å². The lowest BCUT2D eigenvalue weighted by atomic mass is 9.79. The lowest BCUT2D eigenvalue weighted by Gasteiger charge is -2.23. The van der Waals surface area contributed by atoms with Crippen LogP contribution in [0.25, 0.3) is 16.5 Å². The third-order valence-corrected chi connectivity index (χ3v) is 7.15. The van der Waals surface area contributed by atoms with E-state index in [4.69, 9.17) is 9.72 Å². The summed E-state index contributed by atoms with van der Waals surface area (Å²) < 4.78 is 5.95. The van der Waals surface area contributed by atoms with Gasteiger partial charge in [-0.3, -0.25) is 4.79 Å². The maximum atomic E-state index is 13.0. The highest BCUT2D eigenvalue weighted by Gasteiger charge is 2.51. The molecule has 0 saturated carbocycles. The van der Waals surface area contributed by atoms with E-state index in [1.54, 1.807) is 6.20 Å². The van der Waals surface area contributed by atoms with E-state index < -0.39 is 5.41 Å². The summed E-state index contributed by atoms with van der Waals surface area (Å²) in [6.45, 7) is 6.32. The first-order valence-electron chi connectivity index (χ1n) is 11.7. The van der Waals surface area contributed by atoms with Crippen molar-refractivity contribution in [2.24, 2.45) is 5.92 Å². The first-order valence-corrected chi connectivity index (χ1v) is 11.7. The highest BCUT2D eigenvalue weighted by Crippen LogP contribution is 2.47. The van der Waals surface area contributed by atoms with Gasteiger partial charge in [0.25, 0.3) is 0 Å².